The van der Waals surface area contributed by atoms with Crippen LogP contribution in [0.3, 0.4) is 0 Å². The Morgan fingerprint density at radius 3 is 1.17 bits per heavy atom. The second-order valence-corrected chi connectivity index (χ2v) is 6.17. The van der Waals surface area contributed by atoms with Gasteiger partial charge in [0.2, 0.25) is 0 Å². The van der Waals surface area contributed by atoms with Gasteiger partial charge in [-0.1, -0.05) is 81.4 Å². The van der Waals surface area contributed by atoms with Gasteiger partial charge < -0.3 is 9.66 Å². The first-order valence-corrected chi connectivity index (χ1v) is 9.59. The topological polar surface area (TPSA) is 40.5 Å². The van der Waals surface area contributed by atoms with Crippen molar-refractivity contribution in [3.63, 3.8) is 0 Å². The Morgan fingerprint density at radius 2 is 1.00 bits per heavy atom. The van der Waals surface area contributed by atoms with Crippen LogP contribution in [-0.2, 0) is 0 Å². The number of benzene rings is 1. The van der Waals surface area contributed by atoms with Gasteiger partial charge in [-0.25, -0.2) is 0 Å². The van der Waals surface area contributed by atoms with Gasteiger partial charge in [-0.15, -0.1) is 0 Å². The van der Waals surface area contributed by atoms with Crippen LogP contribution in [0.4, 0.5) is 0 Å². The molecule has 3 heteroatoms. The lowest BCUT2D eigenvalue weighted by molar-refractivity contribution is 0.399. The van der Waals surface area contributed by atoms with Crippen molar-refractivity contribution in [3.05, 3.63) is 28.8 Å². The first kappa shape index (κ1) is 27.3. The summed E-state index contributed by atoms with van der Waals surface area (Å²) in [4.78, 5) is 1.06. The van der Waals surface area contributed by atoms with Crippen molar-refractivity contribution in [1.82, 2.24) is 0 Å². The summed E-state index contributed by atoms with van der Waals surface area (Å²) in [5, 5.41) is 7.00. The first-order valence-electron chi connectivity index (χ1n) is 8.82. The molecule has 0 fully saturated rings. The number of rotatable bonds is 4. The molecule has 0 aliphatic rings. The minimum absolute atomic E-state index is 0.445. The van der Waals surface area contributed by atoms with Crippen molar-refractivity contribution in [1.29, 1.82) is 0 Å². The standard InChI is InChI=1S/C15H24OS.2C2H6.CH4O/c1-9(2)12-7-13(10(3)4)15(17-16)14(8-12)11(5)6;3*1-2/h7-11,16H,1-6H3;2*1-2H3;2H,1H3. The fourth-order valence-corrected chi connectivity index (χ4v) is 2.80. The lowest BCUT2D eigenvalue weighted by Gasteiger charge is -2.20. The molecular weight excluding hydrogens is 304 g/mol. The van der Waals surface area contributed by atoms with Gasteiger partial charge in [-0.05, 0) is 34.4 Å². The van der Waals surface area contributed by atoms with Crippen LogP contribution >= 0.6 is 12.0 Å². The van der Waals surface area contributed by atoms with E-state index in [4.69, 9.17) is 5.11 Å². The van der Waals surface area contributed by atoms with Crippen molar-refractivity contribution < 1.29 is 9.66 Å². The van der Waals surface area contributed by atoms with E-state index in [1.807, 2.05) is 27.7 Å². The van der Waals surface area contributed by atoms with Gasteiger partial charge in [0.25, 0.3) is 0 Å². The Labute approximate surface area is 149 Å². The minimum Gasteiger partial charge on any atom is -0.400 e. The second-order valence-electron chi connectivity index (χ2n) is 5.58. The van der Waals surface area contributed by atoms with Gasteiger partial charge in [-0.3, -0.25) is 0 Å². The van der Waals surface area contributed by atoms with E-state index in [1.165, 1.54) is 16.7 Å². The average Bonchev–Trinajstić information content (AvgIpc) is 2.58. The summed E-state index contributed by atoms with van der Waals surface area (Å²) >= 11 is 0.899. The summed E-state index contributed by atoms with van der Waals surface area (Å²) in [6, 6.07) is 4.50. The fraction of sp³-hybridized carbons (Fsp3) is 0.700. The molecular formula is C20H40O2S. The van der Waals surface area contributed by atoms with Crippen molar-refractivity contribution in [2.24, 2.45) is 0 Å². The molecule has 1 aromatic rings. The SMILES string of the molecule is CC.CC.CC(C)c1cc(C(C)C)c(SO)c(C(C)C)c1.CO. The maximum absolute atomic E-state index is 9.54. The van der Waals surface area contributed by atoms with E-state index in [0.717, 1.165) is 24.0 Å². The Kier molecular flexibility index (Phi) is 19.4. The molecule has 0 bridgehead atoms. The molecule has 1 rings (SSSR count). The minimum atomic E-state index is 0.445. The van der Waals surface area contributed by atoms with E-state index in [2.05, 4.69) is 53.7 Å². The normalized spacial score (nSPS) is 9.57. The molecule has 0 heterocycles. The van der Waals surface area contributed by atoms with Gasteiger partial charge in [0.1, 0.15) is 0 Å². The molecule has 0 aliphatic heterocycles. The van der Waals surface area contributed by atoms with E-state index in [9.17, 15) is 4.55 Å². The third-order valence-corrected chi connectivity index (χ3v) is 3.82. The van der Waals surface area contributed by atoms with Crippen LogP contribution in [0.5, 0.6) is 0 Å². The predicted molar refractivity (Wildman–Crippen MR) is 108 cm³/mol. The van der Waals surface area contributed by atoms with E-state index >= 15 is 0 Å². The Hall–Kier alpha value is -0.510. The first-order chi connectivity index (χ1) is 10.9. The molecule has 138 valence electrons. The van der Waals surface area contributed by atoms with Crippen LogP contribution in [0.25, 0.3) is 0 Å². The van der Waals surface area contributed by atoms with Crippen LogP contribution in [-0.4, -0.2) is 16.8 Å². The quantitative estimate of drug-likeness (QED) is 0.564. The molecule has 0 amide bonds. The maximum Gasteiger partial charge on any atom is 0.0420 e. The molecule has 0 spiro atoms. The Bertz CT molecular complexity index is 356. The number of hydrogen-bond donors (Lipinski definition) is 2. The van der Waals surface area contributed by atoms with Crippen molar-refractivity contribution in [2.75, 3.05) is 7.11 Å². The molecule has 23 heavy (non-hydrogen) atoms. The number of aliphatic hydroxyl groups excluding tert-OH is 1. The highest BCUT2D eigenvalue weighted by atomic mass is 32.2. The number of aliphatic hydroxyl groups is 1. The molecule has 0 aliphatic carbocycles. The molecule has 0 radical (unpaired) electrons. The van der Waals surface area contributed by atoms with Gasteiger partial charge in [0.15, 0.2) is 0 Å². The van der Waals surface area contributed by atoms with Crippen LogP contribution in [0.1, 0.15) is 104 Å². The second kappa shape index (κ2) is 16.4. The van der Waals surface area contributed by atoms with E-state index in [1.54, 1.807) is 0 Å². The molecule has 0 unspecified atom stereocenters. The highest BCUT2D eigenvalue weighted by Crippen LogP contribution is 2.36. The third kappa shape index (κ3) is 9.39. The maximum atomic E-state index is 9.54. The lowest BCUT2D eigenvalue weighted by atomic mass is 9.89. The zero-order chi connectivity index (χ0) is 19.2. The predicted octanol–water partition coefficient (Wildman–Crippen LogP) is 7.28. The summed E-state index contributed by atoms with van der Waals surface area (Å²) < 4.78 is 9.54. The molecule has 0 saturated heterocycles. The average molecular weight is 345 g/mol. The number of hydrogen-bond acceptors (Lipinski definition) is 3. The summed E-state index contributed by atoms with van der Waals surface area (Å²) in [7, 11) is 1.00. The van der Waals surface area contributed by atoms with Gasteiger partial charge in [0, 0.05) is 24.0 Å². The zero-order valence-electron chi connectivity index (χ0n) is 17.2. The molecule has 0 atom stereocenters. The van der Waals surface area contributed by atoms with Gasteiger partial charge >= 0.3 is 0 Å². The molecule has 0 aromatic heterocycles. The van der Waals surface area contributed by atoms with Crippen molar-refractivity contribution in [2.45, 2.75) is 91.9 Å². The largest absolute Gasteiger partial charge is 0.400 e. The van der Waals surface area contributed by atoms with Gasteiger partial charge in [-0.2, -0.15) is 0 Å². The summed E-state index contributed by atoms with van der Waals surface area (Å²) in [5.41, 5.74) is 3.91. The van der Waals surface area contributed by atoms with Crippen LogP contribution in [0.2, 0.25) is 0 Å². The van der Waals surface area contributed by atoms with Crippen LogP contribution in [0.15, 0.2) is 17.0 Å². The van der Waals surface area contributed by atoms with E-state index < -0.39 is 0 Å². The highest BCUT2D eigenvalue weighted by Gasteiger charge is 2.17. The molecule has 0 saturated carbocycles. The van der Waals surface area contributed by atoms with Crippen LogP contribution < -0.4 is 0 Å². The van der Waals surface area contributed by atoms with Crippen LogP contribution in [0, 0.1) is 0 Å². The zero-order valence-corrected chi connectivity index (χ0v) is 18.0. The smallest absolute Gasteiger partial charge is 0.0420 e. The van der Waals surface area contributed by atoms with E-state index in [-0.39, 0.29) is 0 Å². The molecule has 2 N–H and O–H groups in total. The van der Waals surface area contributed by atoms with Gasteiger partial charge in [0.05, 0.1) is 0 Å². The third-order valence-electron chi connectivity index (χ3n) is 3.17. The Morgan fingerprint density at radius 1 is 0.696 bits per heavy atom. The molecule has 1 aromatic carbocycles. The highest BCUT2D eigenvalue weighted by molar-refractivity contribution is 7.93. The van der Waals surface area contributed by atoms with E-state index in [0.29, 0.717) is 17.8 Å². The lowest BCUT2D eigenvalue weighted by Crippen LogP contribution is -2.02. The Balaban J connectivity index is -0.000000595. The van der Waals surface area contributed by atoms with Crippen molar-refractivity contribution >= 4 is 12.0 Å². The molecule has 2 nitrogen and oxygen atoms in total. The summed E-state index contributed by atoms with van der Waals surface area (Å²) in [5.74, 6) is 1.42. The summed E-state index contributed by atoms with van der Waals surface area (Å²) in [6.45, 7) is 21.2. The summed E-state index contributed by atoms with van der Waals surface area (Å²) in [6.07, 6.45) is 0. The fourth-order valence-electron chi connectivity index (χ4n) is 1.99. The van der Waals surface area contributed by atoms with Crippen molar-refractivity contribution in [3.8, 4) is 0 Å². The monoisotopic (exact) mass is 344 g/mol.